The molecule has 18 heavy (non-hydrogen) atoms. The molecule has 5 nitrogen and oxygen atoms in total. The van der Waals surface area contributed by atoms with Crippen LogP contribution in [-0.2, 0) is 14.4 Å². The van der Waals surface area contributed by atoms with Gasteiger partial charge in [-0.05, 0) is 24.3 Å². The predicted molar refractivity (Wildman–Crippen MR) is 66.4 cm³/mol. The third-order valence-corrected chi connectivity index (χ3v) is 2.25. The fraction of sp³-hybridized carbons (Fsp3) is 0.0909. The number of carbonyl (C=O) groups is 2. The number of rotatable bonds is 5. The van der Waals surface area contributed by atoms with E-state index in [0.29, 0.717) is 4.47 Å². The van der Waals surface area contributed by atoms with E-state index in [1.807, 2.05) is 5.48 Å². The Morgan fingerprint density at radius 3 is 2.89 bits per heavy atom. The summed E-state index contributed by atoms with van der Waals surface area (Å²) in [7, 11) is 0. The molecule has 1 rings (SSSR count). The average Bonchev–Trinajstić information content (AvgIpc) is 2.30. The Kier molecular flexibility index (Phi) is 5.47. The molecule has 0 spiro atoms. The van der Waals surface area contributed by atoms with E-state index in [0.717, 1.165) is 6.08 Å². The van der Waals surface area contributed by atoms with Crippen molar-refractivity contribution < 1.29 is 18.8 Å². The molecule has 1 aromatic rings. The molecule has 0 saturated heterocycles. The normalized spacial score (nSPS) is 10.6. The number of hydroxylamine groups is 1. The van der Waals surface area contributed by atoms with Crippen LogP contribution in [-0.4, -0.2) is 18.4 Å². The number of hydrogen-bond donors (Lipinski definition) is 2. The van der Waals surface area contributed by atoms with Gasteiger partial charge in [-0.3, -0.25) is 14.4 Å². The van der Waals surface area contributed by atoms with E-state index in [9.17, 15) is 14.0 Å². The SMILES string of the molecule is NC(=O)CONC(=O)/C=C/c1cc(Br)ccc1F. The second-order valence-corrected chi connectivity index (χ2v) is 4.14. The predicted octanol–water partition coefficient (Wildman–Crippen LogP) is 1.13. The first-order chi connectivity index (χ1) is 8.49. The molecule has 2 amide bonds. The van der Waals surface area contributed by atoms with Crippen molar-refractivity contribution in [1.29, 1.82) is 0 Å². The summed E-state index contributed by atoms with van der Waals surface area (Å²) in [5.74, 6) is -1.80. The molecular weight excluding hydrogens is 307 g/mol. The number of nitrogens with two attached hydrogens (primary N) is 1. The average molecular weight is 317 g/mol. The molecule has 3 N–H and O–H groups in total. The van der Waals surface area contributed by atoms with Gasteiger partial charge in [-0.2, -0.15) is 0 Å². The van der Waals surface area contributed by atoms with Gasteiger partial charge in [0.05, 0.1) is 0 Å². The molecule has 0 heterocycles. The molecule has 0 saturated carbocycles. The Balaban J connectivity index is 2.55. The highest BCUT2D eigenvalue weighted by molar-refractivity contribution is 9.10. The lowest BCUT2D eigenvalue weighted by Gasteiger charge is -2.00. The van der Waals surface area contributed by atoms with Gasteiger partial charge in [-0.1, -0.05) is 15.9 Å². The van der Waals surface area contributed by atoms with Gasteiger partial charge in [0, 0.05) is 16.1 Å². The Morgan fingerprint density at radius 2 is 2.22 bits per heavy atom. The second-order valence-electron chi connectivity index (χ2n) is 3.22. The van der Waals surface area contributed by atoms with Crippen molar-refractivity contribution in [3.8, 4) is 0 Å². The van der Waals surface area contributed by atoms with Crippen LogP contribution in [0.2, 0.25) is 0 Å². The van der Waals surface area contributed by atoms with Gasteiger partial charge in [-0.15, -0.1) is 0 Å². The molecular formula is C11H10BrFN2O3. The molecule has 96 valence electrons. The van der Waals surface area contributed by atoms with Crippen molar-refractivity contribution in [3.63, 3.8) is 0 Å². The first-order valence-corrected chi connectivity index (χ1v) is 5.61. The largest absolute Gasteiger partial charge is 0.368 e. The number of primary amides is 1. The maximum absolute atomic E-state index is 13.3. The van der Waals surface area contributed by atoms with Crippen molar-refractivity contribution in [2.75, 3.05) is 6.61 Å². The standard InChI is InChI=1S/C11H10BrFN2O3/c12-8-2-3-9(13)7(5-8)1-4-11(17)15-18-6-10(14)16/h1-5H,6H2,(H2,14,16)(H,15,17)/b4-1+. The highest BCUT2D eigenvalue weighted by atomic mass is 79.9. The van der Waals surface area contributed by atoms with E-state index in [1.54, 1.807) is 6.07 Å². The lowest BCUT2D eigenvalue weighted by atomic mass is 10.2. The number of carbonyl (C=O) groups excluding carboxylic acids is 2. The molecule has 7 heteroatoms. The zero-order valence-electron chi connectivity index (χ0n) is 9.15. The molecule has 0 fully saturated rings. The second kappa shape index (κ2) is 6.87. The summed E-state index contributed by atoms with van der Waals surface area (Å²) in [5.41, 5.74) is 6.99. The molecule has 1 aromatic carbocycles. The van der Waals surface area contributed by atoms with Gasteiger partial charge in [-0.25, -0.2) is 9.87 Å². The van der Waals surface area contributed by atoms with Gasteiger partial charge in [0.2, 0.25) is 5.91 Å². The van der Waals surface area contributed by atoms with Crippen LogP contribution >= 0.6 is 15.9 Å². The smallest absolute Gasteiger partial charge is 0.267 e. The fourth-order valence-electron chi connectivity index (χ4n) is 1.02. The van der Waals surface area contributed by atoms with Crippen LogP contribution in [0.25, 0.3) is 6.08 Å². The minimum Gasteiger partial charge on any atom is -0.368 e. The minimum absolute atomic E-state index is 0.245. The summed E-state index contributed by atoms with van der Waals surface area (Å²) < 4.78 is 14.0. The van der Waals surface area contributed by atoms with Gasteiger partial charge in [0.15, 0.2) is 6.61 Å². The van der Waals surface area contributed by atoms with Crippen LogP contribution in [0.1, 0.15) is 5.56 Å². The molecule has 0 unspecified atom stereocenters. The number of benzene rings is 1. The molecule has 0 radical (unpaired) electrons. The van der Waals surface area contributed by atoms with Crippen molar-refractivity contribution in [2.24, 2.45) is 5.73 Å². The van der Waals surface area contributed by atoms with Gasteiger partial charge < -0.3 is 5.73 Å². The topological polar surface area (TPSA) is 81.4 Å². The van der Waals surface area contributed by atoms with Gasteiger partial charge in [0.1, 0.15) is 5.82 Å². The summed E-state index contributed by atoms with van der Waals surface area (Å²) in [6.07, 6.45) is 2.36. The Morgan fingerprint density at radius 1 is 1.50 bits per heavy atom. The van der Waals surface area contributed by atoms with E-state index in [-0.39, 0.29) is 5.56 Å². The van der Waals surface area contributed by atoms with Crippen molar-refractivity contribution in [3.05, 3.63) is 40.1 Å². The lowest BCUT2D eigenvalue weighted by Crippen LogP contribution is -2.28. The third kappa shape index (κ3) is 5.07. The monoisotopic (exact) mass is 316 g/mol. The van der Waals surface area contributed by atoms with Gasteiger partial charge >= 0.3 is 0 Å². The lowest BCUT2D eigenvalue weighted by molar-refractivity contribution is -0.134. The zero-order chi connectivity index (χ0) is 13.5. The van der Waals surface area contributed by atoms with E-state index in [2.05, 4.69) is 20.8 Å². The number of halogens is 2. The van der Waals surface area contributed by atoms with Crippen LogP contribution in [0.15, 0.2) is 28.7 Å². The Labute approximate surface area is 111 Å². The maximum Gasteiger partial charge on any atom is 0.267 e. The van der Waals surface area contributed by atoms with Crippen LogP contribution in [0.4, 0.5) is 4.39 Å². The minimum atomic E-state index is -0.711. The number of hydrogen-bond acceptors (Lipinski definition) is 3. The fourth-order valence-corrected chi connectivity index (χ4v) is 1.40. The zero-order valence-corrected chi connectivity index (χ0v) is 10.7. The molecule has 0 aromatic heterocycles. The van der Waals surface area contributed by atoms with Crippen LogP contribution in [0, 0.1) is 5.82 Å². The summed E-state index contributed by atoms with van der Waals surface area (Å²) in [6, 6.07) is 4.33. The first-order valence-electron chi connectivity index (χ1n) is 4.82. The van der Waals surface area contributed by atoms with Gasteiger partial charge in [0.25, 0.3) is 5.91 Å². The van der Waals surface area contributed by atoms with Crippen molar-refractivity contribution >= 4 is 33.8 Å². The molecule has 0 bridgehead atoms. The van der Waals surface area contributed by atoms with Crippen LogP contribution < -0.4 is 11.2 Å². The van der Waals surface area contributed by atoms with Crippen molar-refractivity contribution in [2.45, 2.75) is 0 Å². The highest BCUT2D eigenvalue weighted by Crippen LogP contribution is 2.16. The van der Waals surface area contributed by atoms with Crippen LogP contribution in [0.5, 0.6) is 0 Å². The number of nitrogens with one attached hydrogen (secondary N) is 1. The van der Waals surface area contributed by atoms with E-state index in [1.165, 1.54) is 18.2 Å². The summed E-state index contributed by atoms with van der Waals surface area (Å²) in [6.45, 7) is -0.426. The van der Waals surface area contributed by atoms with E-state index in [4.69, 9.17) is 5.73 Å². The molecule has 0 aliphatic carbocycles. The third-order valence-electron chi connectivity index (χ3n) is 1.76. The summed E-state index contributed by atoms with van der Waals surface area (Å²) in [5, 5.41) is 0. The Hall–Kier alpha value is -1.73. The molecule has 0 atom stereocenters. The van der Waals surface area contributed by atoms with Crippen molar-refractivity contribution in [1.82, 2.24) is 5.48 Å². The first kappa shape index (κ1) is 14.3. The molecule has 0 aliphatic heterocycles. The quantitative estimate of drug-likeness (QED) is 0.631. The Bertz CT molecular complexity index is 491. The molecule has 0 aliphatic rings. The van der Waals surface area contributed by atoms with E-state index >= 15 is 0 Å². The van der Waals surface area contributed by atoms with E-state index < -0.39 is 24.2 Å². The summed E-state index contributed by atoms with van der Waals surface area (Å²) >= 11 is 3.18. The highest BCUT2D eigenvalue weighted by Gasteiger charge is 2.01. The van der Waals surface area contributed by atoms with Crippen LogP contribution in [0.3, 0.4) is 0 Å². The maximum atomic E-state index is 13.3. The number of amides is 2. The summed E-state index contributed by atoms with van der Waals surface area (Å²) in [4.78, 5) is 26.0.